The highest BCUT2D eigenvalue weighted by atomic mass is 19.3. The van der Waals surface area contributed by atoms with E-state index in [1.54, 1.807) is 0 Å². The van der Waals surface area contributed by atoms with Crippen molar-refractivity contribution in [1.29, 1.82) is 0 Å². The van der Waals surface area contributed by atoms with Crippen molar-refractivity contribution in [3.8, 4) is 0 Å². The fourth-order valence-corrected chi connectivity index (χ4v) is 3.44. The molecule has 0 aliphatic carbocycles. The molecular formula is C14H25F3N2. The lowest BCUT2D eigenvalue weighted by Gasteiger charge is -2.38. The van der Waals surface area contributed by atoms with E-state index < -0.39 is 12.1 Å². The Bertz CT molecular complexity index is 298. The average molecular weight is 278 g/mol. The SMILES string of the molecule is CC(CC1CNCC(C)C1F)C1CNCC(F)(F)C1. The van der Waals surface area contributed by atoms with Crippen LogP contribution in [-0.2, 0) is 0 Å². The highest BCUT2D eigenvalue weighted by Gasteiger charge is 2.40. The molecule has 0 aromatic heterocycles. The van der Waals surface area contributed by atoms with Crippen molar-refractivity contribution in [3.63, 3.8) is 0 Å². The molecule has 19 heavy (non-hydrogen) atoms. The van der Waals surface area contributed by atoms with Gasteiger partial charge < -0.3 is 10.6 Å². The van der Waals surface area contributed by atoms with Crippen LogP contribution >= 0.6 is 0 Å². The first-order chi connectivity index (χ1) is 8.89. The van der Waals surface area contributed by atoms with E-state index in [0.717, 1.165) is 6.54 Å². The zero-order valence-corrected chi connectivity index (χ0v) is 11.8. The van der Waals surface area contributed by atoms with Gasteiger partial charge in [-0.15, -0.1) is 0 Å². The molecule has 0 spiro atoms. The van der Waals surface area contributed by atoms with Gasteiger partial charge in [-0.3, -0.25) is 0 Å². The van der Waals surface area contributed by atoms with Gasteiger partial charge in [0.1, 0.15) is 6.17 Å². The van der Waals surface area contributed by atoms with E-state index in [-0.39, 0.29) is 36.6 Å². The van der Waals surface area contributed by atoms with E-state index in [2.05, 4.69) is 10.6 Å². The van der Waals surface area contributed by atoms with E-state index in [4.69, 9.17) is 0 Å². The molecule has 0 aromatic rings. The fourth-order valence-electron chi connectivity index (χ4n) is 3.44. The lowest BCUT2D eigenvalue weighted by atomic mass is 9.77. The lowest BCUT2D eigenvalue weighted by Crippen LogP contribution is -2.48. The first-order valence-electron chi connectivity index (χ1n) is 7.32. The lowest BCUT2D eigenvalue weighted by molar-refractivity contribution is -0.0507. The van der Waals surface area contributed by atoms with E-state index >= 15 is 0 Å². The van der Waals surface area contributed by atoms with Crippen LogP contribution in [0, 0.1) is 23.7 Å². The number of rotatable bonds is 3. The normalized spacial score (nSPS) is 40.9. The number of piperidine rings is 2. The molecular weight excluding hydrogens is 253 g/mol. The quantitative estimate of drug-likeness (QED) is 0.828. The Morgan fingerprint density at radius 1 is 1.21 bits per heavy atom. The van der Waals surface area contributed by atoms with Gasteiger partial charge in [0, 0.05) is 31.3 Å². The molecule has 0 bridgehead atoms. The highest BCUT2D eigenvalue weighted by molar-refractivity contribution is 4.88. The van der Waals surface area contributed by atoms with Crippen LogP contribution in [0.15, 0.2) is 0 Å². The van der Waals surface area contributed by atoms with E-state index in [1.165, 1.54) is 0 Å². The predicted octanol–water partition coefficient (Wildman–Crippen LogP) is 2.45. The summed E-state index contributed by atoms with van der Waals surface area (Å²) in [6.07, 6.45) is -0.171. The molecule has 0 saturated carbocycles. The molecule has 0 aromatic carbocycles. The summed E-state index contributed by atoms with van der Waals surface area (Å²) in [4.78, 5) is 0. The second-order valence-corrected chi connectivity index (χ2v) is 6.50. The highest BCUT2D eigenvalue weighted by Crippen LogP contribution is 2.35. The summed E-state index contributed by atoms with van der Waals surface area (Å²) < 4.78 is 40.9. The van der Waals surface area contributed by atoms with Crippen molar-refractivity contribution in [2.75, 3.05) is 26.2 Å². The first-order valence-corrected chi connectivity index (χ1v) is 7.32. The second-order valence-electron chi connectivity index (χ2n) is 6.50. The number of hydrogen-bond acceptors (Lipinski definition) is 2. The van der Waals surface area contributed by atoms with Gasteiger partial charge in [0.15, 0.2) is 0 Å². The molecule has 5 heteroatoms. The van der Waals surface area contributed by atoms with E-state index in [9.17, 15) is 13.2 Å². The zero-order valence-electron chi connectivity index (χ0n) is 11.8. The topological polar surface area (TPSA) is 24.1 Å². The Hall–Kier alpha value is -0.290. The van der Waals surface area contributed by atoms with E-state index in [1.807, 2.05) is 13.8 Å². The Morgan fingerprint density at radius 2 is 1.95 bits per heavy atom. The van der Waals surface area contributed by atoms with Gasteiger partial charge in [0.25, 0.3) is 5.92 Å². The third-order valence-corrected chi connectivity index (χ3v) is 4.70. The molecule has 2 N–H and O–H groups in total. The summed E-state index contributed by atoms with van der Waals surface area (Å²) in [7, 11) is 0. The molecule has 2 aliphatic heterocycles. The Balaban J connectivity index is 1.87. The molecule has 0 radical (unpaired) electrons. The number of alkyl halides is 3. The maximum atomic E-state index is 14.1. The van der Waals surface area contributed by atoms with Crippen molar-refractivity contribution < 1.29 is 13.2 Å². The van der Waals surface area contributed by atoms with Crippen molar-refractivity contribution in [2.24, 2.45) is 23.7 Å². The molecule has 112 valence electrons. The number of hydrogen-bond donors (Lipinski definition) is 2. The van der Waals surface area contributed by atoms with Crippen LogP contribution in [0.25, 0.3) is 0 Å². The van der Waals surface area contributed by atoms with Crippen LogP contribution in [0.5, 0.6) is 0 Å². The van der Waals surface area contributed by atoms with Crippen LogP contribution in [0.4, 0.5) is 13.2 Å². The van der Waals surface area contributed by atoms with Crippen LogP contribution in [0.2, 0.25) is 0 Å². The van der Waals surface area contributed by atoms with Crippen molar-refractivity contribution in [3.05, 3.63) is 0 Å². The number of halogens is 3. The van der Waals surface area contributed by atoms with Gasteiger partial charge >= 0.3 is 0 Å². The maximum absolute atomic E-state index is 14.1. The van der Waals surface area contributed by atoms with Crippen LogP contribution in [0.1, 0.15) is 26.7 Å². The summed E-state index contributed by atoms with van der Waals surface area (Å²) in [6, 6.07) is 0. The Morgan fingerprint density at radius 3 is 2.63 bits per heavy atom. The fraction of sp³-hybridized carbons (Fsp3) is 1.00. The molecule has 2 nitrogen and oxygen atoms in total. The maximum Gasteiger partial charge on any atom is 0.260 e. The molecule has 5 atom stereocenters. The van der Waals surface area contributed by atoms with Crippen molar-refractivity contribution >= 4 is 0 Å². The smallest absolute Gasteiger partial charge is 0.260 e. The summed E-state index contributed by atoms with van der Waals surface area (Å²) in [5, 5.41) is 6.04. The molecule has 2 rings (SSSR count). The minimum atomic E-state index is -2.61. The minimum Gasteiger partial charge on any atom is -0.316 e. The molecule has 5 unspecified atom stereocenters. The van der Waals surface area contributed by atoms with Gasteiger partial charge in [0.05, 0.1) is 6.54 Å². The molecule has 2 aliphatic rings. The second kappa shape index (κ2) is 6.00. The van der Waals surface area contributed by atoms with Crippen LogP contribution in [-0.4, -0.2) is 38.3 Å². The van der Waals surface area contributed by atoms with Gasteiger partial charge in [-0.05, 0) is 24.8 Å². The Labute approximate surface area is 113 Å². The molecule has 2 fully saturated rings. The summed E-state index contributed by atoms with van der Waals surface area (Å²) in [5.41, 5.74) is 0. The summed E-state index contributed by atoms with van der Waals surface area (Å²) >= 11 is 0. The van der Waals surface area contributed by atoms with Crippen LogP contribution in [0.3, 0.4) is 0 Å². The third-order valence-electron chi connectivity index (χ3n) is 4.70. The summed E-state index contributed by atoms with van der Waals surface area (Å²) in [6.45, 7) is 5.69. The first kappa shape index (κ1) is 15.1. The van der Waals surface area contributed by atoms with Gasteiger partial charge in [0.2, 0.25) is 0 Å². The van der Waals surface area contributed by atoms with Crippen LogP contribution < -0.4 is 10.6 Å². The largest absolute Gasteiger partial charge is 0.316 e. The monoisotopic (exact) mass is 278 g/mol. The molecule has 2 heterocycles. The number of nitrogens with one attached hydrogen (secondary N) is 2. The molecule has 2 saturated heterocycles. The summed E-state index contributed by atoms with van der Waals surface area (Å²) in [5.74, 6) is -2.53. The standard InChI is InChI=1S/C14H25F3N2/c1-9(12-4-14(16,17)8-19-7-12)3-11-6-18-5-10(2)13(11)15/h9-13,18-19H,3-8H2,1-2H3. The van der Waals surface area contributed by atoms with Gasteiger partial charge in [-0.25, -0.2) is 13.2 Å². The zero-order chi connectivity index (χ0) is 14.0. The average Bonchev–Trinajstić information content (AvgIpc) is 2.33. The van der Waals surface area contributed by atoms with E-state index in [0.29, 0.717) is 19.5 Å². The van der Waals surface area contributed by atoms with Gasteiger partial charge in [-0.2, -0.15) is 0 Å². The van der Waals surface area contributed by atoms with Crippen molar-refractivity contribution in [2.45, 2.75) is 38.8 Å². The predicted molar refractivity (Wildman–Crippen MR) is 70.1 cm³/mol. The van der Waals surface area contributed by atoms with Crippen molar-refractivity contribution in [1.82, 2.24) is 10.6 Å². The van der Waals surface area contributed by atoms with Gasteiger partial charge in [-0.1, -0.05) is 13.8 Å². The minimum absolute atomic E-state index is 0.0249. The third kappa shape index (κ3) is 3.85. The molecule has 0 amide bonds. The Kier molecular flexibility index (Phi) is 4.77.